The van der Waals surface area contributed by atoms with Gasteiger partial charge in [0.05, 0.1) is 16.6 Å². The summed E-state index contributed by atoms with van der Waals surface area (Å²) in [6, 6.07) is 21.0. The average Bonchev–Trinajstić information content (AvgIpc) is 2.79. The van der Waals surface area contributed by atoms with Gasteiger partial charge in [-0.2, -0.15) is 0 Å². The molecular weight excluding hydrogens is 408 g/mol. The summed E-state index contributed by atoms with van der Waals surface area (Å²) < 4.78 is 27.4. The van der Waals surface area contributed by atoms with Crippen LogP contribution >= 0.6 is 0 Å². The van der Waals surface area contributed by atoms with Crippen molar-refractivity contribution in [3.05, 3.63) is 95.1 Å². The molecule has 0 heterocycles. The molecule has 0 aliphatic heterocycles. The molecule has 0 fully saturated rings. The Labute approximate surface area is 184 Å². The molecule has 0 aliphatic rings. The lowest BCUT2D eigenvalue weighted by molar-refractivity contribution is 0.0935. The van der Waals surface area contributed by atoms with E-state index in [1.54, 1.807) is 36.4 Å². The quantitative estimate of drug-likeness (QED) is 0.566. The van der Waals surface area contributed by atoms with E-state index in [-0.39, 0.29) is 16.8 Å². The van der Waals surface area contributed by atoms with Crippen LogP contribution in [0.1, 0.15) is 46.4 Å². The molecule has 31 heavy (non-hydrogen) atoms. The van der Waals surface area contributed by atoms with Crippen LogP contribution in [-0.2, 0) is 10.0 Å². The van der Waals surface area contributed by atoms with Crippen molar-refractivity contribution in [1.82, 2.24) is 5.32 Å². The maximum absolute atomic E-state index is 13.1. The second-order valence-electron chi connectivity index (χ2n) is 7.61. The number of carbonyl (C=O) groups excluding carboxylic acids is 1. The fraction of sp³-hybridized carbons (Fsp3) is 0.240. The summed E-state index contributed by atoms with van der Waals surface area (Å²) in [6.07, 6.45) is 0.725. The summed E-state index contributed by atoms with van der Waals surface area (Å²) in [5, 5.41) is 3.04. The van der Waals surface area contributed by atoms with Gasteiger partial charge in [-0.15, -0.1) is 0 Å². The van der Waals surface area contributed by atoms with Gasteiger partial charge in [0.25, 0.3) is 15.9 Å². The van der Waals surface area contributed by atoms with Gasteiger partial charge in [0.2, 0.25) is 0 Å². The highest BCUT2D eigenvalue weighted by atomic mass is 32.2. The van der Waals surface area contributed by atoms with Crippen LogP contribution < -0.4 is 9.62 Å². The molecule has 3 aromatic carbocycles. The van der Waals surface area contributed by atoms with Crippen LogP contribution in [0.2, 0.25) is 0 Å². The standard InChI is InChI=1S/C25H28N2O3S/c1-5-24(20-15-14-18(2)19(3)16-20)26-25(28)21-10-9-13-23(17-21)31(29,30)27(4)22-11-7-6-8-12-22/h6-17,24H,5H2,1-4H3,(H,26,28)/t24-/m1/s1. The van der Waals surface area contributed by atoms with Crippen molar-refractivity contribution >= 4 is 21.6 Å². The predicted octanol–water partition coefficient (Wildman–Crippen LogP) is 5.01. The monoisotopic (exact) mass is 436 g/mol. The lowest BCUT2D eigenvalue weighted by atomic mass is 9.99. The van der Waals surface area contributed by atoms with Crippen LogP contribution in [0.25, 0.3) is 0 Å². The van der Waals surface area contributed by atoms with Crippen LogP contribution in [0, 0.1) is 13.8 Å². The Morgan fingerprint density at radius 1 is 0.935 bits per heavy atom. The Bertz CT molecular complexity index is 1170. The normalized spacial score (nSPS) is 12.3. The summed E-state index contributed by atoms with van der Waals surface area (Å²) in [7, 11) is -2.29. The van der Waals surface area contributed by atoms with Gasteiger partial charge >= 0.3 is 0 Å². The summed E-state index contributed by atoms with van der Waals surface area (Å²) in [6.45, 7) is 6.11. The van der Waals surface area contributed by atoms with E-state index in [0.717, 1.165) is 12.0 Å². The minimum atomic E-state index is -3.79. The SMILES string of the molecule is CC[C@@H](NC(=O)c1cccc(S(=O)(=O)N(C)c2ccccc2)c1)c1ccc(C)c(C)c1. The topological polar surface area (TPSA) is 66.5 Å². The van der Waals surface area contributed by atoms with Gasteiger partial charge < -0.3 is 5.32 Å². The van der Waals surface area contributed by atoms with Crippen molar-refractivity contribution in [2.45, 2.75) is 38.1 Å². The number of nitrogens with zero attached hydrogens (tertiary/aromatic N) is 1. The molecular formula is C25H28N2O3S. The first-order valence-corrected chi connectivity index (χ1v) is 11.7. The highest BCUT2D eigenvalue weighted by Gasteiger charge is 2.23. The second kappa shape index (κ2) is 9.35. The summed E-state index contributed by atoms with van der Waals surface area (Å²) in [5.74, 6) is -0.301. The molecule has 0 aromatic heterocycles. The van der Waals surface area contributed by atoms with Crippen LogP contribution in [-0.4, -0.2) is 21.4 Å². The first-order chi connectivity index (χ1) is 14.7. The number of nitrogens with one attached hydrogen (secondary N) is 1. The highest BCUT2D eigenvalue weighted by molar-refractivity contribution is 7.92. The van der Waals surface area contributed by atoms with Crippen molar-refractivity contribution in [2.24, 2.45) is 0 Å². The van der Waals surface area contributed by atoms with Crippen molar-refractivity contribution in [2.75, 3.05) is 11.4 Å². The Morgan fingerprint density at radius 2 is 1.65 bits per heavy atom. The number of hydrogen-bond acceptors (Lipinski definition) is 3. The predicted molar refractivity (Wildman–Crippen MR) is 125 cm³/mol. The Morgan fingerprint density at radius 3 is 2.29 bits per heavy atom. The summed E-state index contributed by atoms with van der Waals surface area (Å²) in [5.41, 5.74) is 4.27. The first kappa shape index (κ1) is 22.6. The molecule has 1 N–H and O–H groups in total. The zero-order valence-electron chi connectivity index (χ0n) is 18.3. The minimum absolute atomic E-state index is 0.0748. The maximum Gasteiger partial charge on any atom is 0.264 e. The van der Waals surface area contributed by atoms with Crippen LogP contribution in [0.5, 0.6) is 0 Å². The highest BCUT2D eigenvalue weighted by Crippen LogP contribution is 2.24. The van der Waals surface area contributed by atoms with E-state index in [1.807, 2.05) is 32.0 Å². The number of benzene rings is 3. The van der Waals surface area contributed by atoms with Gasteiger partial charge in [-0.3, -0.25) is 9.10 Å². The Kier molecular flexibility index (Phi) is 6.81. The van der Waals surface area contributed by atoms with E-state index in [2.05, 4.69) is 18.3 Å². The number of sulfonamides is 1. The van der Waals surface area contributed by atoms with Crippen molar-refractivity contribution in [3.8, 4) is 0 Å². The molecule has 3 rings (SSSR count). The average molecular weight is 437 g/mol. The largest absolute Gasteiger partial charge is 0.345 e. The molecule has 0 spiro atoms. The smallest absolute Gasteiger partial charge is 0.264 e. The summed E-state index contributed by atoms with van der Waals surface area (Å²) in [4.78, 5) is 13.0. The molecule has 162 valence electrons. The maximum atomic E-state index is 13.1. The number of hydrogen-bond donors (Lipinski definition) is 1. The molecule has 3 aromatic rings. The van der Waals surface area contributed by atoms with Crippen LogP contribution in [0.3, 0.4) is 0 Å². The zero-order valence-corrected chi connectivity index (χ0v) is 19.1. The fourth-order valence-corrected chi connectivity index (χ4v) is 4.62. The number of rotatable bonds is 7. The molecule has 0 radical (unpaired) electrons. The third-order valence-corrected chi connectivity index (χ3v) is 7.30. The molecule has 1 amide bonds. The van der Waals surface area contributed by atoms with Gasteiger partial charge in [0.1, 0.15) is 0 Å². The molecule has 6 heteroatoms. The van der Waals surface area contributed by atoms with Gasteiger partial charge in [-0.25, -0.2) is 8.42 Å². The zero-order chi connectivity index (χ0) is 22.6. The third kappa shape index (κ3) is 4.97. The number of amides is 1. The number of para-hydroxylation sites is 1. The van der Waals surface area contributed by atoms with E-state index in [1.165, 1.54) is 34.6 Å². The molecule has 0 bridgehead atoms. The van der Waals surface area contributed by atoms with E-state index in [0.29, 0.717) is 11.3 Å². The van der Waals surface area contributed by atoms with E-state index >= 15 is 0 Å². The van der Waals surface area contributed by atoms with Crippen molar-refractivity contribution in [3.63, 3.8) is 0 Å². The van der Waals surface area contributed by atoms with Gasteiger partial charge in [0.15, 0.2) is 0 Å². The molecule has 0 saturated carbocycles. The van der Waals surface area contributed by atoms with Gasteiger partial charge in [-0.05, 0) is 67.3 Å². The van der Waals surface area contributed by atoms with Crippen molar-refractivity contribution in [1.29, 1.82) is 0 Å². The lowest BCUT2D eigenvalue weighted by Gasteiger charge is -2.21. The van der Waals surface area contributed by atoms with E-state index < -0.39 is 10.0 Å². The summed E-state index contributed by atoms with van der Waals surface area (Å²) >= 11 is 0. The molecule has 0 unspecified atom stereocenters. The van der Waals surface area contributed by atoms with Gasteiger partial charge in [0, 0.05) is 12.6 Å². The number of anilines is 1. The fourth-order valence-electron chi connectivity index (χ4n) is 3.38. The third-order valence-electron chi connectivity index (χ3n) is 5.52. The van der Waals surface area contributed by atoms with Crippen molar-refractivity contribution < 1.29 is 13.2 Å². The van der Waals surface area contributed by atoms with E-state index in [4.69, 9.17) is 0 Å². The number of aryl methyl sites for hydroxylation is 2. The lowest BCUT2D eigenvalue weighted by Crippen LogP contribution is -2.29. The van der Waals surface area contributed by atoms with E-state index in [9.17, 15) is 13.2 Å². The van der Waals surface area contributed by atoms with Gasteiger partial charge in [-0.1, -0.05) is 49.4 Å². The van der Waals surface area contributed by atoms with Crippen LogP contribution in [0.15, 0.2) is 77.7 Å². The molecule has 0 aliphatic carbocycles. The second-order valence-corrected chi connectivity index (χ2v) is 9.58. The molecule has 1 atom stereocenters. The molecule has 5 nitrogen and oxygen atoms in total. The Hall–Kier alpha value is -3.12. The Balaban J connectivity index is 1.84. The molecule has 0 saturated heterocycles. The first-order valence-electron chi connectivity index (χ1n) is 10.3. The minimum Gasteiger partial charge on any atom is -0.345 e. The van der Waals surface area contributed by atoms with Crippen LogP contribution in [0.4, 0.5) is 5.69 Å². The number of carbonyl (C=O) groups is 1.